The monoisotopic (exact) mass is 531 g/mol. The molecule has 0 spiro atoms. The van der Waals surface area contributed by atoms with Gasteiger partial charge in [-0.1, -0.05) is 42.5 Å². The number of hydrogen-bond acceptors (Lipinski definition) is 4. The number of alkyl halides is 3. The molecule has 2 aromatic heterocycles. The minimum Gasteiger partial charge on any atom is -0.323 e. The van der Waals surface area contributed by atoms with E-state index >= 15 is 0 Å². The van der Waals surface area contributed by atoms with Gasteiger partial charge in [-0.15, -0.1) is 0 Å². The van der Waals surface area contributed by atoms with Crippen LogP contribution in [0.15, 0.2) is 71.5 Å². The third-order valence-electron chi connectivity index (χ3n) is 6.11. The lowest BCUT2D eigenvalue weighted by Gasteiger charge is -2.46. The van der Waals surface area contributed by atoms with Crippen LogP contribution in [-0.2, 0) is 27.5 Å². The Balaban J connectivity index is 1.62. The Morgan fingerprint density at radius 3 is 2.29 bits per heavy atom. The lowest BCUT2D eigenvalue weighted by atomic mass is 9.78. The number of nitrogens with zero attached hydrogens (tertiary/aromatic N) is 3. The first-order chi connectivity index (χ1) is 16.2. The highest BCUT2D eigenvalue weighted by Gasteiger charge is 2.48. The predicted octanol–water partition coefficient (Wildman–Crippen LogP) is 6.40. The first kappa shape index (κ1) is 23.0. The van der Waals surface area contributed by atoms with Crippen LogP contribution in [-0.4, -0.2) is 27.2 Å². The fourth-order valence-electron chi connectivity index (χ4n) is 4.42. The summed E-state index contributed by atoms with van der Waals surface area (Å²) in [4.78, 5) is 4.54. The van der Waals surface area contributed by atoms with Gasteiger partial charge in [-0.05, 0) is 59.5 Å². The van der Waals surface area contributed by atoms with E-state index in [1.165, 1.54) is 12.1 Å². The van der Waals surface area contributed by atoms with Crippen molar-refractivity contribution in [2.75, 3.05) is 0 Å². The Labute approximate surface area is 202 Å². The van der Waals surface area contributed by atoms with Crippen LogP contribution in [0.2, 0.25) is 0 Å². The Hall–Kier alpha value is -2.75. The molecule has 9 heteroatoms. The zero-order valence-electron chi connectivity index (χ0n) is 18.4. The van der Waals surface area contributed by atoms with E-state index in [0.717, 1.165) is 27.9 Å². The van der Waals surface area contributed by atoms with Gasteiger partial charge in [-0.2, -0.15) is 18.3 Å². The van der Waals surface area contributed by atoms with Crippen molar-refractivity contribution in [3.63, 3.8) is 0 Å². The Kier molecular flexibility index (Phi) is 5.74. The van der Waals surface area contributed by atoms with E-state index in [0.29, 0.717) is 23.2 Å². The highest BCUT2D eigenvalue weighted by molar-refractivity contribution is 9.10. The van der Waals surface area contributed by atoms with Gasteiger partial charge in [0.2, 0.25) is 0 Å². The summed E-state index contributed by atoms with van der Waals surface area (Å²) >= 11 is 3.64. The van der Waals surface area contributed by atoms with Crippen molar-refractivity contribution in [2.45, 2.75) is 44.4 Å². The average Bonchev–Trinajstić information content (AvgIpc) is 3.20. The van der Waals surface area contributed by atoms with Crippen LogP contribution in [0.25, 0.3) is 16.8 Å². The molecule has 2 aromatic carbocycles. The number of hydrogen-bond donors (Lipinski definition) is 0. The summed E-state index contributed by atoms with van der Waals surface area (Å²) in [6.07, 6.45) is -1.30. The number of aromatic nitrogens is 3. The quantitative estimate of drug-likeness (QED) is 0.299. The molecule has 5 nitrogen and oxygen atoms in total. The van der Waals surface area contributed by atoms with Crippen LogP contribution in [0, 0.1) is 0 Å². The van der Waals surface area contributed by atoms with Gasteiger partial charge in [0.15, 0.2) is 18.2 Å². The molecule has 0 aliphatic carbocycles. The Morgan fingerprint density at radius 1 is 1.00 bits per heavy atom. The summed E-state index contributed by atoms with van der Waals surface area (Å²) in [5, 5.41) is 4.59. The zero-order valence-corrected chi connectivity index (χ0v) is 20.0. The van der Waals surface area contributed by atoms with E-state index in [1.54, 1.807) is 16.9 Å². The summed E-state index contributed by atoms with van der Waals surface area (Å²) in [6, 6.07) is 15.0. The minimum absolute atomic E-state index is 0.309. The lowest BCUT2D eigenvalue weighted by molar-refractivity contribution is -0.397. The third kappa shape index (κ3) is 4.01. The number of rotatable bonds is 5. The normalized spacial score (nSPS) is 20.2. The SMILES string of the molecule is CC1OC(C(C)(Cc2ccccc2)c2c(Br)cnc3c(-c4ccc(C(F)(F)F)cc4)cnn23)O1. The maximum Gasteiger partial charge on any atom is 0.416 e. The van der Waals surface area contributed by atoms with Crippen LogP contribution < -0.4 is 0 Å². The molecule has 0 bridgehead atoms. The fraction of sp³-hybridized carbons (Fsp3) is 0.280. The molecule has 5 rings (SSSR count). The van der Waals surface area contributed by atoms with Gasteiger partial charge in [0, 0.05) is 11.8 Å². The van der Waals surface area contributed by atoms with Crippen molar-refractivity contribution in [1.29, 1.82) is 0 Å². The van der Waals surface area contributed by atoms with Gasteiger partial charge in [-0.3, -0.25) is 0 Å². The van der Waals surface area contributed by atoms with Gasteiger partial charge >= 0.3 is 6.18 Å². The summed E-state index contributed by atoms with van der Waals surface area (Å²) < 4.78 is 53.4. The van der Waals surface area contributed by atoms with Gasteiger partial charge < -0.3 is 9.47 Å². The van der Waals surface area contributed by atoms with E-state index in [1.807, 2.05) is 37.3 Å². The van der Waals surface area contributed by atoms with E-state index < -0.39 is 23.4 Å². The van der Waals surface area contributed by atoms with Crippen LogP contribution in [0.4, 0.5) is 13.2 Å². The predicted molar refractivity (Wildman–Crippen MR) is 124 cm³/mol. The number of halogens is 4. The van der Waals surface area contributed by atoms with Crippen LogP contribution in [0.3, 0.4) is 0 Å². The number of fused-ring (bicyclic) bond motifs is 1. The summed E-state index contributed by atoms with van der Waals surface area (Å²) in [6.45, 7) is 3.89. The molecule has 4 aromatic rings. The summed E-state index contributed by atoms with van der Waals surface area (Å²) in [7, 11) is 0. The van der Waals surface area contributed by atoms with E-state index in [4.69, 9.17) is 9.47 Å². The topological polar surface area (TPSA) is 48.7 Å². The van der Waals surface area contributed by atoms with Crippen LogP contribution in [0.1, 0.15) is 30.7 Å². The average molecular weight is 532 g/mol. The van der Waals surface area contributed by atoms with Crippen molar-refractivity contribution in [1.82, 2.24) is 14.6 Å². The maximum atomic E-state index is 13.0. The molecule has 0 saturated carbocycles. The van der Waals surface area contributed by atoms with Gasteiger partial charge in [0.1, 0.15) is 0 Å². The van der Waals surface area contributed by atoms with Gasteiger partial charge in [0.25, 0.3) is 0 Å². The first-order valence-corrected chi connectivity index (χ1v) is 11.5. The second kappa shape index (κ2) is 8.48. The molecule has 0 N–H and O–H groups in total. The first-order valence-electron chi connectivity index (χ1n) is 10.7. The standard InChI is InChI=1S/C25H21BrF3N3O2/c1-15-33-23(34-15)24(2,12-16-6-4-3-5-7-16)21-20(26)14-30-22-19(13-31-32(21)22)17-8-10-18(11-9-17)25(27,28)29/h3-11,13-15,23H,12H2,1-2H3. The van der Waals surface area contributed by atoms with E-state index in [2.05, 4.69) is 32.9 Å². The van der Waals surface area contributed by atoms with Crippen molar-refractivity contribution < 1.29 is 22.6 Å². The maximum absolute atomic E-state index is 13.0. The van der Waals surface area contributed by atoms with Crippen molar-refractivity contribution in [2.24, 2.45) is 0 Å². The van der Waals surface area contributed by atoms with Crippen LogP contribution in [0.5, 0.6) is 0 Å². The smallest absolute Gasteiger partial charge is 0.323 e. The van der Waals surface area contributed by atoms with Gasteiger partial charge in [-0.25, -0.2) is 9.50 Å². The zero-order chi connectivity index (χ0) is 24.1. The van der Waals surface area contributed by atoms with Crippen molar-refractivity contribution >= 4 is 21.6 Å². The number of ether oxygens (including phenoxy) is 2. The van der Waals surface area contributed by atoms with Crippen LogP contribution >= 0.6 is 15.9 Å². The molecule has 0 amide bonds. The molecule has 1 aliphatic rings. The lowest BCUT2D eigenvalue weighted by Crippen LogP contribution is -2.54. The minimum atomic E-state index is -4.39. The Bertz CT molecular complexity index is 1320. The third-order valence-corrected chi connectivity index (χ3v) is 6.69. The Morgan fingerprint density at radius 2 is 1.68 bits per heavy atom. The summed E-state index contributed by atoms with van der Waals surface area (Å²) in [5.74, 6) is 0. The fourth-order valence-corrected chi connectivity index (χ4v) is 5.15. The molecule has 3 heterocycles. The second-order valence-electron chi connectivity index (χ2n) is 8.58. The van der Waals surface area contributed by atoms with E-state index in [9.17, 15) is 13.2 Å². The highest BCUT2D eigenvalue weighted by Crippen LogP contribution is 2.43. The molecular weight excluding hydrogens is 511 g/mol. The second-order valence-corrected chi connectivity index (χ2v) is 9.43. The summed E-state index contributed by atoms with van der Waals surface area (Å²) in [5.41, 5.74) is 2.32. The molecule has 34 heavy (non-hydrogen) atoms. The van der Waals surface area contributed by atoms with Crippen molar-refractivity contribution in [3.05, 3.63) is 88.3 Å². The number of benzene rings is 2. The molecule has 176 valence electrons. The largest absolute Gasteiger partial charge is 0.416 e. The molecular formula is C25H21BrF3N3O2. The molecule has 1 fully saturated rings. The van der Waals surface area contributed by atoms with Gasteiger partial charge in [0.05, 0.1) is 27.3 Å². The van der Waals surface area contributed by atoms with E-state index in [-0.39, 0.29) is 6.29 Å². The molecule has 0 radical (unpaired) electrons. The van der Waals surface area contributed by atoms with Crippen molar-refractivity contribution in [3.8, 4) is 11.1 Å². The highest BCUT2D eigenvalue weighted by atomic mass is 79.9. The molecule has 1 aliphatic heterocycles. The molecule has 1 saturated heterocycles. The molecule has 1 unspecified atom stereocenters. The molecule has 1 atom stereocenters.